The van der Waals surface area contributed by atoms with E-state index in [1.165, 1.54) is 37.1 Å². The van der Waals surface area contributed by atoms with Crippen LogP contribution in [0.4, 0.5) is 5.82 Å². The van der Waals surface area contributed by atoms with E-state index in [1.54, 1.807) is 0 Å². The van der Waals surface area contributed by atoms with Crippen LogP contribution in [0.2, 0.25) is 0 Å². The Labute approximate surface area is 91.0 Å². The summed E-state index contributed by atoms with van der Waals surface area (Å²) in [5.41, 5.74) is 0.255. The van der Waals surface area contributed by atoms with Crippen molar-refractivity contribution in [3.8, 4) is 5.75 Å². The molecule has 0 aliphatic heterocycles. The SMILES string of the molecule is O=C(Nc1cnccn1)c1cncc(O)c1. The Kier molecular flexibility index (Phi) is 2.73. The van der Waals surface area contributed by atoms with Gasteiger partial charge in [-0.15, -0.1) is 0 Å². The Hall–Kier alpha value is -2.50. The third kappa shape index (κ3) is 2.30. The lowest BCUT2D eigenvalue weighted by Crippen LogP contribution is -2.13. The lowest BCUT2D eigenvalue weighted by Gasteiger charge is -2.03. The summed E-state index contributed by atoms with van der Waals surface area (Å²) in [6, 6.07) is 1.32. The minimum absolute atomic E-state index is 0.0632. The minimum atomic E-state index is -0.399. The molecule has 80 valence electrons. The first-order valence-electron chi connectivity index (χ1n) is 4.47. The third-order valence-electron chi connectivity index (χ3n) is 1.79. The van der Waals surface area contributed by atoms with Gasteiger partial charge in [-0.3, -0.25) is 14.8 Å². The van der Waals surface area contributed by atoms with Crippen LogP contribution in [0, 0.1) is 0 Å². The number of anilines is 1. The maximum atomic E-state index is 11.6. The quantitative estimate of drug-likeness (QED) is 0.776. The topological polar surface area (TPSA) is 88.0 Å². The van der Waals surface area contributed by atoms with Gasteiger partial charge in [-0.1, -0.05) is 0 Å². The standard InChI is InChI=1S/C10H8N4O2/c15-8-3-7(4-12-5-8)10(16)14-9-6-11-1-2-13-9/h1-6,15H,(H,13,14,16). The highest BCUT2D eigenvalue weighted by molar-refractivity contribution is 6.03. The van der Waals surface area contributed by atoms with E-state index in [0.717, 1.165) is 0 Å². The number of aromatic hydroxyl groups is 1. The van der Waals surface area contributed by atoms with Crippen molar-refractivity contribution in [2.24, 2.45) is 0 Å². The highest BCUT2D eigenvalue weighted by Crippen LogP contribution is 2.10. The van der Waals surface area contributed by atoms with Gasteiger partial charge in [0.1, 0.15) is 5.75 Å². The van der Waals surface area contributed by atoms with Gasteiger partial charge in [-0.25, -0.2) is 4.98 Å². The monoisotopic (exact) mass is 216 g/mol. The van der Waals surface area contributed by atoms with Crippen molar-refractivity contribution in [3.63, 3.8) is 0 Å². The van der Waals surface area contributed by atoms with Crippen LogP contribution in [0.3, 0.4) is 0 Å². The molecule has 2 aromatic rings. The van der Waals surface area contributed by atoms with Crippen molar-refractivity contribution in [3.05, 3.63) is 42.6 Å². The van der Waals surface area contributed by atoms with E-state index < -0.39 is 5.91 Å². The number of pyridine rings is 1. The van der Waals surface area contributed by atoms with Crippen LogP contribution in [-0.4, -0.2) is 26.0 Å². The minimum Gasteiger partial charge on any atom is -0.506 e. The van der Waals surface area contributed by atoms with Gasteiger partial charge < -0.3 is 10.4 Å². The summed E-state index contributed by atoms with van der Waals surface area (Å²) in [4.78, 5) is 23.0. The molecule has 2 heterocycles. The summed E-state index contributed by atoms with van der Waals surface area (Å²) >= 11 is 0. The van der Waals surface area contributed by atoms with Crippen LogP contribution >= 0.6 is 0 Å². The van der Waals surface area contributed by atoms with E-state index in [9.17, 15) is 4.79 Å². The number of amides is 1. The smallest absolute Gasteiger partial charge is 0.258 e. The third-order valence-corrected chi connectivity index (χ3v) is 1.79. The largest absolute Gasteiger partial charge is 0.506 e. The Morgan fingerprint density at radius 1 is 1.19 bits per heavy atom. The molecule has 0 saturated heterocycles. The van der Waals surface area contributed by atoms with Gasteiger partial charge in [0.15, 0.2) is 5.82 Å². The van der Waals surface area contributed by atoms with E-state index in [0.29, 0.717) is 5.82 Å². The second kappa shape index (κ2) is 4.35. The number of hydrogen-bond acceptors (Lipinski definition) is 5. The van der Waals surface area contributed by atoms with Gasteiger partial charge in [-0.05, 0) is 6.07 Å². The second-order valence-corrected chi connectivity index (χ2v) is 2.98. The zero-order chi connectivity index (χ0) is 11.4. The molecule has 0 aliphatic rings. The Morgan fingerprint density at radius 2 is 2.06 bits per heavy atom. The molecule has 0 bridgehead atoms. The zero-order valence-corrected chi connectivity index (χ0v) is 8.16. The van der Waals surface area contributed by atoms with Gasteiger partial charge in [0, 0.05) is 18.6 Å². The summed E-state index contributed by atoms with van der Waals surface area (Å²) in [7, 11) is 0. The van der Waals surface area contributed by atoms with Crippen molar-refractivity contribution < 1.29 is 9.90 Å². The Morgan fingerprint density at radius 3 is 2.75 bits per heavy atom. The predicted octanol–water partition coefficient (Wildman–Crippen LogP) is 0.829. The first kappa shape index (κ1) is 10.0. The molecule has 0 spiro atoms. The average molecular weight is 216 g/mol. The fourth-order valence-electron chi connectivity index (χ4n) is 1.10. The number of aromatic nitrogens is 3. The summed E-state index contributed by atoms with van der Waals surface area (Å²) in [5.74, 6) is -0.119. The molecule has 6 heteroatoms. The van der Waals surface area contributed by atoms with Gasteiger partial charge in [0.25, 0.3) is 5.91 Å². The molecule has 1 amide bonds. The molecule has 0 saturated carbocycles. The predicted molar refractivity (Wildman–Crippen MR) is 55.9 cm³/mol. The molecule has 2 N–H and O–H groups in total. The summed E-state index contributed by atoms with van der Waals surface area (Å²) in [5, 5.41) is 11.7. The van der Waals surface area contributed by atoms with E-state index >= 15 is 0 Å². The second-order valence-electron chi connectivity index (χ2n) is 2.98. The average Bonchev–Trinajstić information content (AvgIpc) is 2.30. The van der Waals surface area contributed by atoms with E-state index in [-0.39, 0.29) is 11.3 Å². The fraction of sp³-hybridized carbons (Fsp3) is 0. The van der Waals surface area contributed by atoms with E-state index in [4.69, 9.17) is 5.11 Å². The van der Waals surface area contributed by atoms with Crippen LogP contribution < -0.4 is 5.32 Å². The molecule has 0 unspecified atom stereocenters. The van der Waals surface area contributed by atoms with Crippen LogP contribution in [-0.2, 0) is 0 Å². The molecule has 16 heavy (non-hydrogen) atoms. The molecular weight excluding hydrogens is 208 g/mol. The molecule has 2 aromatic heterocycles. The van der Waals surface area contributed by atoms with Crippen molar-refractivity contribution in [1.29, 1.82) is 0 Å². The molecule has 0 radical (unpaired) electrons. The Bertz CT molecular complexity index is 501. The summed E-state index contributed by atoms with van der Waals surface area (Å²) in [6.07, 6.45) is 7.00. The molecule has 0 atom stereocenters. The lowest BCUT2D eigenvalue weighted by molar-refractivity contribution is 0.102. The van der Waals surface area contributed by atoms with Crippen LogP contribution in [0.5, 0.6) is 5.75 Å². The Balaban J connectivity index is 2.15. The normalized spacial score (nSPS) is 9.75. The molecule has 0 aliphatic carbocycles. The summed E-state index contributed by atoms with van der Waals surface area (Å²) < 4.78 is 0. The van der Waals surface area contributed by atoms with Crippen molar-refractivity contribution in [2.45, 2.75) is 0 Å². The number of nitrogens with one attached hydrogen (secondary N) is 1. The van der Waals surface area contributed by atoms with Crippen LogP contribution in [0.1, 0.15) is 10.4 Å². The number of carbonyl (C=O) groups excluding carboxylic acids is 1. The molecule has 0 fully saturated rings. The zero-order valence-electron chi connectivity index (χ0n) is 8.16. The summed E-state index contributed by atoms with van der Waals surface area (Å²) in [6.45, 7) is 0. The van der Waals surface area contributed by atoms with Crippen LogP contribution in [0.15, 0.2) is 37.1 Å². The molecular formula is C10H8N4O2. The maximum absolute atomic E-state index is 11.6. The van der Waals surface area contributed by atoms with Crippen molar-refractivity contribution in [1.82, 2.24) is 15.0 Å². The fourth-order valence-corrected chi connectivity index (χ4v) is 1.10. The molecule has 6 nitrogen and oxygen atoms in total. The highest BCUT2D eigenvalue weighted by atomic mass is 16.3. The number of rotatable bonds is 2. The maximum Gasteiger partial charge on any atom is 0.258 e. The van der Waals surface area contributed by atoms with Gasteiger partial charge in [0.2, 0.25) is 0 Å². The van der Waals surface area contributed by atoms with Crippen molar-refractivity contribution >= 4 is 11.7 Å². The lowest BCUT2D eigenvalue weighted by atomic mass is 10.2. The number of hydrogen-bond donors (Lipinski definition) is 2. The molecule has 2 rings (SSSR count). The van der Waals surface area contributed by atoms with Gasteiger partial charge in [-0.2, -0.15) is 0 Å². The van der Waals surface area contributed by atoms with Crippen molar-refractivity contribution in [2.75, 3.05) is 5.32 Å². The van der Waals surface area contributed by atoms with Gasteiger partial charge in [0.05, 0.1) is 18.0 Å². The van der Waals surface area contributed by atoms with E-state index in [2.05, 4.69) is 20.3 Å². The number of nitrogens with zero attached hydrogens (tertiary/aromatic N) is 3. The van der Waals surface area contributed by atoms with E-state index in [1.807, 2.05) is 0 Å². The number of carbonyl (C=O) groups is 1. The first-order valence-corrected chi connectivity index (χ1v) is 4.47. The van der Waals surface area contributed by atoms with Gasteiger partial charge >= 0.3 is 0 Å². The highest BCUT2D eigenvalue weighted by Gasteiger charge is 2.07. The van der Waals surface area contributed by atoms with Crippen LogP contribution in [0.25, 0.3) is 0 Å². The molecule has 0 aromatic carbocycles. The first-order chi connectivity index (χ1) is 7.75.